The fraction of sp³-hybridized carbons (Fsp3) is 0.750. The van der Waals surface area contributed by atoms with Crippen molar-refractivity contribution in [2.75, 3.05) is 20.3 Å². The number of nitrogens with one attached hydrogen (secondary N) is 1. The molecule has 1 N–H and O–H groups in total. The van der Waals surface area contributed by atoms with Gasteiger partial charge < -0.3 is 4.74 Å². The molecule has 3 heteroatoms. The molecule has 0 radical (unpaired) electrons. The minimum atomic E-state index is 0.00635. The lowest BCUT2D eigenvalue weighted by Gasteiger charge is -2.09. The molecule has 0 bridgehead atoms. The summed E-state index contributed by atoms with van der Waals surface area (Å²) in [4.78, 5) is 5.00. The van der Waals surface area contributed by atoms with Gasteiger partial charge in [0.1, 0.15) is 0 Å². The van der Waals surface area contributed by atoms with E-state index in [2.05, 4.69) is 11.4 Å². The van der Waals surface area contributed by atoms with E-state index in [1.807, 2.05) is 6.92 Å². The molecule has 11 heavy (non-hydrogen) atoms. The standard InChI is InChI=1S/C8H15NO2/c1-4-8(5-2)9-11-7-6-10-3/h1,8-9H,5-7H2,2-3H3. The summed E-state index contributed by atoms with van der Waals surface area (Å²) < 4.78 is 4.77. The maximum absolute atomic E-state index is 5.17. The SMILES string of the molecule is C#CC(CC)NOCCOC. The zero-order chi connectivity index (χ0) is 8.53. The van der Waals surface area contributed by atoms with Gasteiger partial charge in [-0.3, -0.25) is 4.84 Å². The van der Waals surface area contributed by atoms with Crippen LogP contribution in [0.3, 0.4) is 0 Å². The van der Waals surface area contributed by atoms with Crippen molar-refractivity contribution >= 4 is 0 Å². The number of methoxy groups -OCH3 is 1. The Morgan fingerprint density at radius 3 is 2.73 bits per heavy atom. The maximum atomic E-state index is 5.17. The van der Waals surface area contributed by atoms with E-state index in [0.717, 1.165) is 6.42 Å². The summed E-state index contributed by atoms with van der Waals surface area (Å²) in [5.41, 5.74) is 2.74. The van der Waals surface area contributed by atoms with Crippen LogP contribution in [0.4, 0.5) is 0 Å². The van der Waals surface area contributed by atoms with E-state index in [1.54, 1.807) is 7.11 Å². The van der Waals surface area contributed by atoms with Gasteiger partial charge in [0.2, 0.25) is 0 Å². The molecule has 1 unspecified atom stereocenters. The smallest absolute Gasteiger partial charge is 0.0923 e. The van der Waals surface area contributed by atoms with Gasteiger partial charge in [-0.1, -0.05) is 12.8 Å². The predicted molar refractivity (Wildman–Crippen MR) is 43.9 cm³/mol. The molecule has 3 nitrogen and oxygen atoms in total. The van der Waals surface area contributed by atoms with Crippen molar-refractivity contribution in [1.29, 1.82) is 0 Å². The van der Waals surface area contributed by atoms with Crippen LogP contribution in [0.1, 0.15) is 13.3 Å². The van der Waals surface area contributed by atoms with Gasteiger partial charge in [0.15, 0.2) is 0 Å². The van der Waals surface area contributed by atoms with Gasteiger partial charge in [-0.2, -0.15) is 5.48 Å². The topological polar surface area (TPSA) is 30.5 Å². The molecular formula is C8H15NO2. The van der Waals surface area contributed by atoms with Crippen molar-refractivity contribution < 1.29 is 9.57 Å². The summed E-state index contributed by atoms with van der Waals surface area (Å²) in [6, 6.07) is 0.00635. The Labute approximate surface area is 68.0 Å². The molecule has 0 amide bonds. The zero-order valence-electron chi connectivity index (χ0n) is 7.09. The highest BCUT2D eigenvalue weighted by Crippen LogP contribution is 1.86. The average Bonchev–Trinajstić information content (AvgIpc) is 2.05. The second-order valence-electron chi connectivity index (χ2n) is 2.09. The van der Waals surface area contributed by atoms with Crippen LogP contribution in [0.25, 0.3) is 0 Å². The highest BCUT2D eigenvalue weighted by Gasteiger charge is 1.98. The molecule has 0 aromatic carbocycles. The van der Waals surface area contributed by atoms with Gasteiger partial charge in [-0.25, -0.2) is 0 Å². The van der Waals surface area contributed by atoms with Crippen LogP contribution < -0.4 is 5.48 Å². The van der Waals surface area contributed by atoms with Gasteiger partial charge in [-0.15, -0.1) is 6.42 Å². The first-order valence-corrected chi connectivity index (χ1v) is 3.67. The van der Waals surface area contributed by atoms with E-state index < -0.39 is 0 Å². The van der Waals surface area contributed by atoms with E-state index in [1.165, 1.54) is 0 Å². The Morgan fingerprint density at radius 2 is 2.27 bits per heavy atom. The first-order valence-electron chi connectivity index (χ1n) is 3.67. The normalized spacial score (nSPS) is 12.5. The second kappa shape index (κ2) is 7.55. The number of hydroxylamine groups is 1. The third-order valence-corrected chi connectivity index (χ3v) is 1.22. The van der Waals surface area contributed by atoms with E-state index in [0.29, 0.717) is 13.2 Å². The molecule has 0 heterocycles. The first kappa shape index (κ1) is 10.4. The molecule has 0 fully saturated rings. The summed E-state index contributed by atoms with van der Waals surface area (Å²) in [6.07, 6.45) is 6.04. The largest absolute Gasteiger partial charge is 0.382 e. The van der Waals surface area contributed by atoms with Gasteiger partial charge in [0.05, 0.1) is 19.3 Å². The second-order valence-corrected chi connectivity index (χ2v) is 2.09. The molecule has 0 rings (SSSR count). The fourth-order valence-corrected chi connectivity index (χ4v) is 0.520. The predicted octanol–water partition coefficient (Wildman–Crippen LogP) is 0.566. The fourth-order valence-electron chi connectivity index (χ4n) is 0.520. The molecular weight excluding hydrogens is 142 g/mol. The van der Waals surface area contributed by atoms with E-state index in [4.69, 9.17) is 16.0 Å². The molecule has 0 aliphatic heterocycles. The summed E-state index contributed by atoms with van der Waals surface area (Å²) in [7, 11) is 1.63. The van der Waals surface area contributed by atoms with Crippen molar-refractivity contribution in [1.82, 2.24) is 5.48 Å². The van der Waals surface area contributed by atoms with Crippen LogP contribution in [0.5, 0.6) is 0 Å². The summed E-state index contributed by atoms with van der Waals surface area (Å²) in [5.74, 6) is 2.55. The number of ether oxygens (including phenoxy) is 1. The Balaban J connectivity index is 3.16. The molecule has 0 aliphatic rings. The highest BCUT2D eigenvalue weighted by molar-refractivity contribution is 4.96. The average molecular weight is 157 g/mol. The summed E-state index contributed by atoms with van der Waals surface area (Å²) in [5, 5.41) is 0. The van der Waals surface area contributed by atoms with E-state index >= 15 is 0 Å². The summed E-state index contributed by atoms with van der Waals surface area (Å²) >= 11 is 0. The molecule has 0 saturated carbocycles. The van der Waals surface area contributed by atoms with E-state index in [9.17, 15) is 0 Å². The Bertz CT molecular complexity index is 120. The van der Waals surface area contributed by atoms with Gasteiger partial charge in [0, 0.05) is 7.11 Å². The van der Waals surface area contributed by atoms with Crippen molar-refractivity contribution in [2.24, 2.45) is 0 Å². The minimum absolute atomic E-state index is 0.00635. The van der Waals surface area contributed by atoms with E-state index in [-0.39, 0.29) is 6.04 Å². The monoisotopic (exact) mass is 157 g/mol. The lowest BCUT2D eigenvalue weighted by molar-refractivity contribution is -0.00308. The minimum Gasteiger partial charge on any atom is -0.382 e. The number of hydrogen-bond donors (Lipinski definition) is 1. The van der Waals surface area contributed by atoms with Crippen LogP contribution >= 0.6 is 0 Å². The van der Waals surface area contributed by atoms with Gasteiger partial charge in [-0.05, 0) is 6.42 Å². The van der Waals surface area contributed by atoms with Crippen molar-refractivity contribution in [3.63, 3.8) is 0 Å². The maximum Gasteiger partial charge on any atom is 0.0923 e. The van der Waals surface area contributed by atoms with Crippen molar-refractivity contribution in [2.45, 2.75) is 19.4 Å². The van der Waals surface area contributed by atoms with Crippen LogP contribution in [-0.4, -0.2) is 26.4 Å². The van der Waals surface area contributed by atoms with Gasteiger partial charge in [0.25, 0.3) is 0 Å². The molecule has 1 atom stereocenters. The van der Waals surface area contributed by atoms with Crippen LogP contribution in [0.15, 0.2) is 0 Å². The molecule has 0 saturated heterocycles. The highest BCUT2D eigenvalue weighted by atomic mass is 16.7. The van der Waals surface area contributed by atoms with Crippen LogP contribution in [0.2, 0.25) is 0 Å². The Hall–Kier alpha value is -0.560. The molecule has 0 aromatic heterocycles. The lowest BCUT2D eigenvalue weighted by atomic mass is 10.3. The lowest BCUT2D eigenvalue weighted by Crippen LogP contribution is -2.28. The third kappa shape index (κ3) is 5.86. The number of hydrogen-bond acceptors (Lipinski definition) is 3. The molecule has 0 aromatic rings. The molecule has 0 spiro atoms. The van der Waals surface area contributed by atoms with Crippen molar-refractivity contribution in [3.05, 3.63) is 0 Å². The Morgan fingerprint density at radius 1 is 1.55 bits per heavy atom. The first-order chi connectivity index (χ1) is 5.35. The quantitative estimate of drug-likeness (QED) is 0.347. The molecule has 64 valence electrons. The van der Waals surface area contributed by atoms with Crippen LogP contribution in [0, 0.1) is 12.3 Å². The molecule has 0 aliphatic carbocycles. The van der Waals surface area contributed by atoms with Crippen molar-refractivity contribution in [3.8, 4) is 12.3 Å². The Kier molecular flexibility index (Phi) is 7.16. The third-order valence-electron chi connectivity index (χ3n) is 1.22. The number of terminal acetylenes is 1. The zero-order valence-corrected chi connectivity index (χ0v) is 7.09. The summed E-state index contributed by atoms with van der Waals surface area (Å²) in [6.45, 7) is 3.10. The van der Waals surface area contributed by atoms with Crippen LogP contribution in [-0.2, 0) is 9.57 Å². The number of rotatable bonds is 6. The van der Waals surface area contributed by atoms with Gasteiger partial charge >= 0.3 is 0 Å².